The molecule has 0 radical (unpaired) electrons. The highest BCUT2D eigenvalue weighted by Gasteiger charge is 2.33. The summed E-state index contributed by atoms with van der Waals surface area (Å²) in [6, 6.07) is 16.8. The van der Waals surface area contributed by atoms with Crippen molar-refractivity contribution in [1.29, 1.82) is 0 Å². The number of halogens is 3. The van der Waals surface area contributed by atoms with E-state index in [-0.39, 0.29) is 17.4 Å². The molecule has 0 spiro atoms. The first-order valence-electron chi connectivity index (χ1n) is 9.54. The topological polar surface area (TPSA) is 42.4 Å². The number of nitrogens with zero attached hydrogens (tertiary/aromatic N) is 2. The Balaban J connectivity index is 1.62. The van der Waals surface area contributed by atoms with E-state index in [4.69, 9.17) is 0 Å². The van der Waals surface area contributed by atoms with Crippen LogP contribution in [0.3, 0.4) is 0 Å². The van der Waals surface area contributed by atoms with Crippen molar-refractivity contribution in [2.45, 2.75) is 18.7 Å². The molecule has 1 unspecified atom stereocenters. The number of alkyl halides is 3. The molecule has 0 N–H and O–H groups in total. The number of hydrogen-bond acceptors (Lipinski definition) is 3. The lowest BCUT2D eigenvalue weighted by atomic mass is 10.0. The molecule has 1 saturated heterocycles. The van der Waals surface area contributed by atoms with E-state index in [1.54, 1.807) is 47.6 Å². The van der Waals surface area contributed by atoms with Gasteiger partial charge in [0.15, 0.2) is 0 Å². The average Bonchev–Trinajstić information content (AvgIpc) is 3.23. The van der Waals surface area contributed by atoms with Crippen LogP contribution in [0.4, 0.5) is 13.2 Å². The van der Waals surface area contributed by atoms with Crippen LogP contribution in [0.15, 0.2) is 73.1 Å². The first kappa shape index (κ1) is 19.9. The Morgan fingerprint density at radius 1 is 1.03 bits per heavy atom. The molecule has 4 rings (SSSR count). The molecule has 4 nitrogen and oxygen atoms in total. The summed E-state index contributed by atoms with van der Waals surface area (Å²) in [5.74, 6) is -0.563. The number of aromatic nitrogens is 1. The molecular weight excluding hydrogens is 393 g/mol. The minimum Gasteiger partial charge on any atom is -0.406 e. The molecule has 2 heterocycles. The van der Waals surface area contributed by atoms with Crippen molar-refractivity contribution in [2.75, 3.05) is 13.1 Å². The second kappa shape index (κ2) is 8.18. The lowest BCUT2D eigenvalue weighted by Crippen LogP contribution is -2.28. The van der Waals surface area contributed by atoms with E-state index in [0.717, 1.165) is 18.1 Å². The number of likely N-dealkylation sites (tertiary alicyclic amines) is 1. The van der Waals surface area contributed by atoms with Gasteiger partial charge in [0.2, 0.25) is 0 Å². The second-order valence-electron chi connectivity index (χ2n) is 7.18. The number of ether oxygens (including phenoxy) is 1. The van der Waals surface area contributed by atoms with Crippen LogP contribution in [0.5, 0.6) is 5.75 Å². The summed E-state index contributed by atoms with van der Waals surface area (Å²) in [5, 5.41) is 0. The van der Waals surface area contributed by atoms with Crippen LogP contribution in [-0.4, -0.2) is 35.2 Å². The van der Waals surface area contributed by atoms with Gasteiger partial charge in [0.1, 0.15) is 5.75 Å². The molecule has 154 valence electrons. The summed E-state index contributed by atoms with van der Waals surface area (Å²) >= 11 is 0. The maximum absolute atomic E-state index is 13.1. The monoisotopic (exact) mass is 412 g/mol. The largest absolute Gasteiger partial charge is 0.573 e. The third-order valence-electron chi connectivity index (χ3n) is 5.13. The zero-order valence-electron chi connectivity index (χ0n) is 16.0. The van der Waals surface area contributed by atoms with E-state index in [9.17, 15) is 18.0 Å². The van der Waals surface area contributed by atoms with E-state index < -0.39 is 12.1 Å². The highest BCUT2D eigenvalue weighted by molar-refractivity contribution is 5.96. The number of rotatable bonds is 4. The van der Waals surface area contributed by atoms with Gasteiger partial charge < -0.3 is 9.64 Å². The molecule has 0 aliphatic carbocycles. The molecule has 1 atom stereocenters. The number of hydrogen-bond donors (Lipinski definition) is 0. The number of amides is 1. The minimum absolute atomic E-state index is 0.158. The zero-order valence-corrected chi connectivity index (χ0v) is 16.0. The van der Waals surface area contributed by atoms with Crippen molar-refractivity contribution in [1.82, 2.24) is 9.88 Å². The highest BCUT2D eigenvalue weighted by Crippen LogP contribution is 2.32. The molecule has 1 aromatic heterocycles. The van der Waals surface area contributed by atoms with Gasteiger partial charge in [0, 0.05) is 37.0 Å². The fourth-order valence-electron chi connectivity index (χ4n) is 3.73. The predicted molar refractivity (Wildman–Crippen MR) is 106 cm³/mol. The molecule has 1 aliphatic heterocycles. The van der Waals surface area contributed by atoms with Crippen LogP contribution < -0.4 is 4.74 Å². The smallest absolute Gasteiger partial charge is 0.406 e. The lowest BCUT2D eigenvalue weighted by molar-refractivity contribution is -0.274. The fourth-order valence-corrected chi connectivity index (χ4v) is 3.73. The van der Waals surface area contributed by atoms with Gasteiger partial charge in [-0.15, -0.1) is 13.2 Å². The molecule has 3 aromatic rings. The Kier molecular flexibility index (Phi) is 5.44. The maximum atomic E-state index is 13.1. The standard InChI is InChI=1S/C23H19F3N2O2/c24-23(25,26)30-21-12-19(16-5-2-1-3-6-16)11-20(13-21)22(29)28-10-8-18(15-28)17-7-4-9-27-14-17/h1-7,9,11-14,18H,8,10,15H2. The van der Waals surface area contributed by atoms with Crippen LogP contribution in [0.2, 0.25) is 0 Å². The summed E-state index contributed by atoms with van der Waals surface area (Å²) in [4.78, 5) is 18.9. The minimum atomic E-state index is -4.84. The van der Waals surface area contributed by atoms with Gasteiger partial charge in [0.25, 0.3) is 5.91 Å². The maximum Gasteiger partial charge on any atom is 0.573 e. The fraction of sp³-hybridized carbons (Fsp3) is 0.217. The summed E-state index contributed by atoms with van der Waals surface area (Å²) in [6.07, 6.45) is -0.584. The molecule has 1 amide bonds. The quantitative estimate of drug-likeness (QED) is 0.586. The van der Waals surface area contributed by atoms with E-state index in [2.05, 4.69) is 9.72 Å². The summed E-state index contributed by atoms with van der Waals surface area (Å²) < 4.78 is 42.6. The Hall–Kier alpha value is -3.35. The molecular formula is C23H19F3N2O2. The second-order valence-corrected chi connectivity index (χ2v) is 7.18. The first-order chi connectivity index (χ1) is 14.4. The van der Waals surface area contributed by atoms with Crippen molar-refractivity contribution >= 4 is 5.91 Å². The average molecular weight is 412 g/mol. The van der Waals surface area contributed by atoms with Crippen molar-refractivity contribution in [3.63, 3.8) is 0 Å². The highest BCUT2D eigenvalue weighted by atomic mass is 19.4. The Morgan fingerprint density at radius 3 is 2.53 bits per heavy atom. The molecule has 0 bridgehead atoms. The van der Waals surface area contributed by atoms with Crippen LogP contribution >= 0.6 is 0 Å². The SMILES string of the molecule is O=C(c1cc(OC(F)(F)F)cc(-c2ccccc2)c1)N1CCC(c2cccnc2)C1. The van der Waals surface area contributed by atoms with Crippen molar-refractivity contribution in [3.8, 4) is 16.9 Å². The van der Waals surface area contributed by atoms with E-state index >= 15 is 0 Å². The lowest BCUT2D eigenvalue weighted by Gasteiger charge is -2.18. The predicted octanol–water partition coefficient (Wildman–Crippen LogP) is 5.28. The molecule has 1 fully saturated rings. The van der Waals surface area contributed by atoms with Crippen molar-refractivity contribution < 1.29 is 22.7 Å². The van der Waals surface area contributed by atoms with E-state index in [1.807, 2.05) is 18.2 Å². The molecule has 0 saturated carbocycles. The van der Waals surface area contributed by atoms with Crippen molar-refractivity contribution in [3.05, 3.63) is 84.2 Å². The van der Waals surface area contributed by atoms with Gasteiger partial charge in [0.05, 0.1) is 0 Å². The van der Waals surface area contributed by atoms with Gasteiger partial charge in [-0.3, -0.25) is 9.78 Å². The summed E-state index contributed by atoms with van der Waals surface area (Å²) in [7, 11) is 0. The third-order valence-corrected chi connectivity index (χ3v) is 5.13. The van der Waals surface area contributed by atoms with Crippen LogP contribution in [0.25, 0.3) is 11.1 Å². The molecule has 2 aromatic carbocycles. The van der Waals surface area contributed by atoms with Gasteiger partial charge in [-0.05, 0) is 47.4 Å². The number of pyridine rings is 1. The zero-order chi connectivity index (χ0) is 21.1. The Morgan fingerprint density at radius 2 is 1.83 bits per heavy atom. The van der Waals surface area contributed by atoms with Gasteiger partial charge in [-0.25, -0.2) is 0 Å². The number of carbonyl (C=O) groups is 1. The first-order valence-corrected chi connectivity index (χ1v) is 9.54. The van der Waals surface area contributed by atoms with Crippen LogP contribution in [0, 0.1) is 0 Å². The Labute approximate surface area is 171 Å². The molecule has 30 heavy (non-hydrogen) atoms. The summed E-state index contributed by atoms with van der Waals surface area (Å²) in [6.45, 7) is 1.03. The summed E-state index contributed by atoms with van der Waals surface area (Å²) in [5.41, 5.74) is 2.41. The Bertz CT molecular complexity index is 1020. The number of benzene rings is 2. The number of carbonyl (C=O) groups excluding carboxylic acids is 1. The van der Waals surface area contributed by atoms with Crippen molar-refractivity contribution in [2.24, 2.45) is 0 Å². The van der Waals surface area contributed by atoms with E-state index in [0.29, 0.717) is 24.2 Å². The van der Waals surface area contributed by atoms with Crippen LogP contribution in [0.1, 0.15) is 28.3 Å². The van der Waals surface area contributed by atoms with Gasteiger partial charge in [-0.1, -0.05) is 36.4 Å². The molecule has 1 aliphatic rings. The van der Waals surface area contributed by atoms with Gasteiger partial charge >= 0.3 is 6.36 Å². The van der Waals surface area contributed by atoms with Crippen LogP contribution in [-0.2, 0) is 0 Å². The normalized spacial score (nSPS) is 16.5. The molecule has 7 heteroatoms. The third kappa shape index (κ3) is 4.62. The van der Waals surface area contributed by atoms with Gasteiger partial charge in [-0.2, -0.15) is 0 Å². The van der Waals surface area contributed by atoms with E-state index in [1.165, 1.54) is 6.07 Å².